The van der Waals surface area contributed by atoms with Crippen molar-refractivity contribution in [1.82, 2.24) is 0 Å². The summed E-state index contributed by atoms with van der Waals surface area (Å²) >= 11 is 0. The van der Waals surface area contributed by atoms with Gasteiger partial charge in [0.25, 0.3) is 0 Å². The van der Waals surface area contributed by atoms with Gasteiger partial charge in [0.1, 0.15) is 6.10 Å². The van der Waals surface area contributed by atoms with Gasteiger partial charge in [0.05, 0.1) is 19.3 Å². The molecule has 0 amide bonds. The molecule has 2 atom stereocenters. The van der Waals surface area contributed by atoms with E-state index >= 15 is 0 Å². The van der Waals surface area contributed by atoms with Gasteiger partial charge >= 0.3 is 0 Å². The third-order valence-corrected chi connectivity index (χ3v) is 3.59. The molecule has 0 radical (unpaired) electrons. The Morgan fingerprint density at radius 2 is 1.83 bits per heavy atom. The molecule has 2 heteroatoms. The lowest BCUT2D eigenvalue weighted by Gasteiger charge is -2.29. The molecule has 0 aromatic heterocycles. The van der Waals surface area contributed by atoms with Crippen molar-refractivity contribution in [2.45, 2.75) is 51.7 Å². The van der Waals surface area contributed by atoms with E-state index in [4.69, 9.17) is 9.47 Å². The molecule has 1 aromatic rings. The quantitative estimate of drug-likeness (QED) is 0.787. The molecule has 0 N–H and O–H groups in total. The average Bonchev–Trinajstić information content (AvgIpc) is 2.46. The van der Waals surface area contributed by atoms with Crippen LogP contribution in [0.1, 0.15) is 50.3 Å². The molecular weight excluding hydrogens is 224 g/mol. The van der Waals surface area contributed by atoms with Gasteiger partial charge in [-0.05, 0) is 30.4 Å². The van der Waals surface area contributed by atoms with Crippen molar-refractivity contribution in [3.05, 3.63) is 35.4 Å². The summed E-state index contributed by atoms with van der Waals surface area (Å²) in [5.74, 6) is 0. The fourth-order valence-corrected chi connectivity index (χ4v) is 2.25. The highest BCUT2D eigenvalue weighted by Crippen LogP contribution is 2.24. The number of hydrogen-bond acceptors (Lipinski definition) is 2. The zero-order valence-corrected chi connectivity index (χ0v) is 11.5. The van der Waals surface area contributed by atoms with E-state index in [1.165, 1.54) is 30.4 Å². The lowest BCUT2D eigenvalue weighted by molar-refractivity contribution is -0.135. The number of hydrogen-bond donors (Lipinski definition) is 0. The molecule has 2 nitrogen and oxygen atoms in total. The van der Waals surface area contributed by atoms with Crippen LogP contribution in [0.2, 0.25) is 0 Å². The maximum absolute atomic E-state index is 5.86. The van der Waals surface area contributed by atoms with Crippen LogP contribution in [0.25, 0.3) is 0 Å². The molecule has 1 aliphatic rings. The van der Waals surface area contributed by atoms with E-state index in [2.05, 4.69) is 38.1 Å². The van der Waals surface area contributed by atoms with Gasteiger partial charge in [-0.15, -0.1) is 0 Å². The summed E-state index contributed by atoms with van der Waals surface area (Å²) in [4.78, 5) is 0. The molecule has 100 valence electrons. The largest absolute Gasteiger partial charge is 0.373 e. The molecule has 0 saturated carbocycles. The molecule has 0 bridgehead atoms. The lowest BCUT2D eigenvalue weighted by atomic mass is 10.0. The SMILES string of the molecule is CCCCc1ccc([C@@H]2CO[C@@H](CC)CO2)cc1. The second-order valence-corrected chi connectivity index (χ2v) is 5.03. The minimum atomic E-state index is 0.119. The molecule has 0 spiro atoms. The summed E-state index contributed by atoms with van der Waals surface area (Å²) in [5.41, 5.74) is 2.66. The van der Waals surface area contributed by atoms with Gasteiger partial charge in [0.2, 0.25) is 0 Å². The van der Waals surface area contributed by atoms with Gasteiger partial charge in [0.15, 0.2) is 0 Å². The van der Waals surface area contributed by atoms with Crippen molar-refractivity contribution in [1.29, 1.82) is 0 Å². The van der Waals surface area contributed by atoms with Crippen molar-refractivity contribution < 1.29 is 9.47 Å². The highest BCUT2D eigenvalue weighted by Gasteiger charge is 2.22. The molecule has 1 aromatic carbocycles. The van der Waals surface area contributed by atoms with E-state index < -0.39 is 0 Å². The van der Waals surface area contributed by atoms with E-state index in [0.29, 0.717) is 6.61 Å². The fraction of sp³-hybridized carbons (Fsp3) is 0.625. The number of benzene rings is 1. The molecule has 1 saturated heterocycles. The Bertz CT molecular complexity index is 337. The van der Waals surface area contributed by atoms with Gasteiger partial charge in [-0.3, -0.25) is 0 Å². The summed E-state index contributed by atoms with van der Waals surface area (Å²) in [6.07, 6.45) is 5.12. The predicted molar refractivity (Wildman–Crippen MR) is 73.8 cm³/mol. The van der Waals surface area contributed by atoms with Crippen LogP contribution in [0.15, 0.2) is 24.3 Å². The normalized spacial score (nSPS) is 24.1. The summed E-state index contributed by atoms with van der Waals surface area (Å²) in [7, 11) is 0. The van der Waals surface area contributed by atoms with Crippen LogP contribution in [0.3, 0.4) is 0 Å². The third kappa shape index (κ3) is 3.56. The van der Waals surface area contributed by atoms with Crippen molar-refractivity contribution >= 4 is 0 Å². The minimum absolute atomic E-state index is 0.119. The first kappa shape index (κ1) is 13.6. The molecule has 2 rings (SSSR count). The Morgan fingerprint density at radius 3 is 2.39 bits per heavy atom. The number of rotatable bonds is 5. The zero-order valence-electron chi connectivity index (χ0n) is 11.5. The van der Waals surface area contributed by atoms with Gasteiger partial charge in [-0.2, -0.15) is 0 Å². The lowest BCUT2D eigenvalue weighted by Crippen LogP contribution is -2.30. The average molecular weight is 248 g/mol. The minimum Gasteiger partial charge on any atom is -0.373 e. The Kier molecular flexibility index (Phi) is 5.21. The number of unbranched alkanes of at least 4 members (excludes halogenated alkanes) is 1. The monoisotopic (exact) mass is 248 g/mol. The van der Waals surface area contributed by atoms with Crippen LogP contribution >= 0.6 is 0 Å². The number of aryl methyl sites for hydroxylation is 1. The van der Waals surface area contributed by atoms with Crippen molar-refractivity contribution in [2.24, 2.45) is 0 Å². The maximum atomic E-state index is 5.86. The van der Waals surface area contributed by atoms with Gasteiger partial charge < -0.3 is 9.47 Å². The summed E-state index contributed by atoms with van der Waals surface area (Å²) < 4.78 is 11.6. The topological polar surface area (TPSA) is 18.5 Å². The van der Waals surface area contributed by atoms with Gasteiger partial charge in [0, 0.05) is 0 Å². The first-order valence-corrected chi connectivity index (χ1v) is 7.15. The van der Waals surface area contributed by atoms with Crippen LogP contribution in [-0.2, 0) is 15.9 Å². The molecule has 0 unspecified atom stereocenters. The summed E-state index contributed by atoms with van der Waals surface area (Å²) in [6, 6.07) is 8.82. The van der Waals surface area contributed by atoms with E-state index in [-0.39, 0.29) is 12.2 Å². The van der Waals surface area contributed by atoms with E-state index in [1.54, 1.807) is 0 Å². The Hall–Kier alpha value is -0.860. The fourth-order valence-electron chi connectivity index (χ4n) is 2.25. The summed E-state index contributed by atoms with van der Waals surface area (Å²) in [5, 5.41) is 0. The predicted octanol–water partition coefficient (Wildman–Crippen LogP) is 3.90. The smallest absolute Gasteiger partial charge is 0.106 e. The van der Waals surface area contributed by atoms with Crippen LogP contribution < -0.4 is 0 Å². The van der Waals surface area contributed by atoms with Crippen molar-refractivity contribution in [3.63, 3.8) is 0 Å². The third-order valence-electron chi connectivity index (χ3n) is 3.59. The Balaban J connectivity index is 1.89. The number of ether oxygens (including phenoxy) is 2. The Labute approximate surface area is 110 Å². The van der Waals surface area contributed by atoms with E-state index in [1.807, 2.05) is 0 Å². The van der Waals surface area contributed by atoms with Gasteiger partial charge in [-0.25, -0.2) is 0 Å². The molecule has 1 aliphatic heterocycles. The molecule has 1 fully saturated rings. The van der Waals surface area contributed by atoms with E-state index in [9.17, 15) is 0 Å². The van der Waals surface area contributed by atoms with Crippen LogP contribution in [0, 0.1) is 0 Å². The first-order valence-electron chi connectivity index (χ1n) is 7.15. The maximum Gasteiger partial charge on any atom is 0.106 e. The highest BCUT2D eigenvalue weighted by atomic mass is 16.6. The van der Waals surface area contributed by atoms with Crippen LogP contribution in [0.5, 0.6) is 0 Å². The second-order valence-electron chi connectivity index (χ2n) is 5.03. The Morgan fingerprint density at radius 1 is 1.06 bits per heavy atom. The first-order chi connectivity index (χ1) is 8.83. The second kappa shape index (κ2) is 6.91. The highest BCUT2D eigenvalue weighted by molar-refractivity contribution is 5.24. The van der Waals surface area contributed by atoms with Crippen LogP contribution in [-0.4, -0.2) is 19.3 Å². The summed E-state index contributed by atoms with van der Waals surface area (Å²) in [6.45, 7) is 5.77. The molecule has 1 heterocycles. The van der Waals surface area contributed by atoms with E-state index in [0.717, 1.165) is 13.0 Å². The molecule has 18 heavy (non-hydrogen) atoms. The molecule has 0 aliphatic carbocycles. The van der Waals surface area contributed by atoms with Crippen molar-refractivity contribution in [2.75, 3.05) is 13.2 Å². The molecular formula is C16H24O2. The standard InChI is InChI=1S/C16H24O2/c1-3-5-6-13-7-9-14(10-8-13)16-12-17-15(4-2)11-18-16/h7-10,15-16H,3-6,11-12H2,1-2H3/t15-,16-/m0/s1. The van der Waals surface area contributed by atoms with Gasteiger partial charge in [-0.1, -0.05) is 44.5 Å². The zero-order chi connectivity index (χ0) is 12.8. The van der Waals surface area contributed by atoms with Crippen LogP contribution in [0.4, 0.5) is 0 Å². The van der Waals surface area contributed by atoms with Crippen molar-refractivity contribution in [3.8, 4) is 0 Å².